The largest absolute Gasteiger partial charge is 0.481 e. The third-order valence-electron chi connectivity index (χ3n) is 7.93. The van der Waals surface area contributed by atoms with Crippen LogP contribution < -0.4 is 15.5 Å². The summed E-state index contributed by atoms with van der Waals surface area (Å²) in [7, 11) is 0. The van der Waals surface area contributed by atoms with E-state index in [1.165, 1.54) is 24.3 Å². The number of benzene rings is 4. The highest BCUT2D eigenvalue weighted by Gasteiger charge is 2.25. The number of rotatable bonds is 10. The maximum absolute atomic E-state index is 13.9. The van der Waals surface area contributed by atoms with Gasteiger partial charge in [-0.1, -0.05) is 66.2 Å². The number of aryl methyl sites for hydroxylation is 1. The summed E-state index contributed by atoms with van der Waals surface area (Å²) in [6, 6.07) is 26.2. The minimum Gasteiger partial charge on any atom is -0.481 e. The Hall–Kier alpha value is -5.51. The van der Waals surface area contributed by atoms with Crippen molar-refractivity contribution in [2.75, 3.05) is 36.4 Å². The van der Waals surface area contributed by atoms with Gasteiger partial charge in [-0.05, 0) is 54.4 Å². The molecule has 0 saturated carbocycles. The number of piperazine rings is 1. The average molecular weight is 623 g/mol. The lowest BCUT2D eigenvalue weighted by atomic mass is 10.0. The molecule has 1 heterocycles. The number of amides is 3. The van der Waals surface area contributed by atoms with Gasteiger partial charge in [-0.15, -0.1) is 0 Å². The molecule has 1 fully saturated rings. The monoisotopic (exact) mass is 622 g/mol. The number of aliphatic carboxylic acids is 1. The summed E-state index contributed by atoms with van der Waals surface area (Å²) >= 11 is 0. The van der Waals surface area contributed by atoms with E-state index in [2.05, 4.69) is 10.6 Å². The van der Waals surface area contributed by atoms with Gasteiger partial charge < -0.3 is 25.5 Å². The minimum absolute atomic E-state index is 0.0296. The molecule has 46 heavy (non-hydrogen) atoms. The van der Waals surface area contributed by atoms with Crippen LogP contribution >= 0.6 is 0 Å². The number of carboxylic acids is 1. The third-order valence-corrected chi connectivity index (χ3v) is 7.93. The fourth-order valence-corrected chi connectivity index (χ4v) is 5.42. The summed E-state index contributed by atoms with van der Waals surface area (Å²) in [6.07, 6.45) is -0.00558. The number of halogens is 1. The number of nitrogens with zero attached hydrogens (tertiary/aromatic N) is 2. The molecule has 1 atom stereocenters. The first-order chi connectivity index (χ1) is 22.2. The lowest BCUT2D eigenvalue weighted by Crippen LogP contribution is -2.49. The second-order valence-electron chi connectivity index (χ2n) is 11.3. The smallest absolute Gasteiger partial charge is 0.305 e. The maximum atomic E-state index is 13.9. The quantitative estimate of drug-likeness (QED) is 0.223. The van der Waals surface area contributed by atoms with Crippen LogP contribution in [-0.4, -0.2) is 59.9 Å². The van der Waals surface area contributed by atoms with Crippen molar-refractivity contribution in [1.82, 2.24) is 10.2 Å². The van der Waals surface area contributed by atoms with Crippen molar-refractivity contribution in [3.05, 3.63) is 131 Å². The van der Waals surface area contributed by atoms with Crippen molar-refractivity contribution in [1.29, 1.82) is 0 Å². The van der Waals surface area contributed by atoms with E-state index in [4.69, 9.17) is 0 Å². The Kier molecular flexibility index (Phi) is 10.1. The van der Waals surface area contributed by atoms with E-state index in [0.29, 0.717) is 49.5 Å². The Morgan fingerprint density at radius 2 is 1.50 bits per heavy atom. The Morgan fingerprint density at radius 1 is 0.804 bits per heavy atom. The summed E-state index contributed by atoms with van der Waals surface area (Å²) < 4.78 is 13.9. The number of anilines is 2. The molecule has 0 aromatic heterocycles. The van der Waals surface area contributed by atoms with Gasteiger partial charge in [-0.3, -0.25) is 19.2 Å². The molecule has 10 heteroatoms. The molecule has 9 nitrogen and oxygen atoms in total. The summed E-state index contributed by atoms with van der Waals surface area (Å²) in [5, 5.41) is 15.2. The van der Waals surface area contributed by atoms with Crippen LogP contribution in [0.1, 0.15) is 49.9 Å². The zero-order chi connectivity index (χ0) is 32.6. The topological polar surface area (TPSA) is 119 Å². The van der Waals surface area contributed by atoms with Gasteiger partial charge in [0, 0.05) is 37.3 Å². The predicted molar refractivity (Wildman–Crippen MR) is 173 cm³/mol. The maximum Gasteiger partial charge on any atom is 0.305 e. The molecule has 1 aliphatic rings. The van der Waals surface area contributed by atoms with Gasteiger partial charge in [0.2, 0.25) is 5.91 Å². The second-order valence-corrected chi connectivity index (χ2v) is 11.3. The molecule has 0 spiro atoms. The van der Waals surface area contributed by atoms with E-state index in [0.717, 1.165) is 17.2 Å². The Balaban J connectivity index is 1.37. The number of hydrogen-bond acceptors (Lipinski definition) is 5. The number of carboxylic acid groups (broad SMARTS) is 1. The van der Waals surface area contributed by atoms with Crippen molar-refractivity contribution in [2.24, 2.45) is 0 Å². The van der Waals surface area contributed by atoms with E-state index in [1.807, 2.05) is 59.2 Å². The number of carbonyl (C=O) groups is 4. The van der Waals surface area contributed by atoms with Gasteiger partial charge >= 0.3 is 5.97 Å². The van der Waals surface area contributed by atoms with Gasteiger partial charge in [0.25, 0.3) is 11.8 Å². The summed E-state index contributed by atoms with van der Waals surface area (Å²) in [5.74, 6) is -2.67. The van der Waals surface area contributed by atoms with E-state index in [-0.39, 0.29) is 23.5 Å². The number of nitrogens with one attached hydrogen (secondary N) is 2. The molecule has 1 unspecified atom stereocenters. The minimum atomic E-state index is -1.06. The van der Waals surface area contributed by atoms with Crippen molar-refractivity contribution in [3.8, 4) is 0 Å². The highest BCUT2D eigenvalue weighted by molar-refractivity contribution is 6.07. The fourth-order valence-electron chi connectivity index (χ4n) is 5.42. The average Bonchev–Trinajstić information content (AvgIpc) is 3.05. The highest BCUT2D eigenvalue weighted by Crippen LogP contribution is 2.30. The normalized spacial score (nSPS) is 13.5. The predicted octanol–water partition coefficient (Wildman–Crippen LogP) is 5.22. The van der Waals surface area contributed by atoms with Crippen LogP contribution in [-0.2, 0) is 16.0 Å². The summed E-state index contributed by atoms with van der Waals surface area (Å²) in [6.45, 7) is 3.83. The fraction of sp³-hybridized carbons (Fsp3) is 0.222. The Bertz CT molecular complexity index is 1720. The molecule has 0 radical (unpaired) electrons. The van der Waals surface area contributed by atoms with Crippen molar-refractivity contribution < 1.29 is 28.7 Å². The van der Waals surface area contributed by atoms with Crippen LogP contribution in [0.15, 0.2) is 97.1 Å². The van der Waals surface area contributed by atoms with Crippen LogP contribution in [0.25, 0.3) is 0 Å². The van der Waals surface area contributed by atoms with Crippen molar-refractivity contribution in [3.63, 3.8) is 0 Å². The zero-order valence-corrected chi connectivity index (χ0v) is 25.4. The third kappa shape index (κ3) is 8.15. The molecule has 0 bridgehead atoms. The van der Waals surface area contributed by atoms with Crippen LogP contribution in [0.5, 0.6) is 0 Å². The van der Waals surface area contributed by atoms with Crippen LogP contribution in [0.4, 0.5) is 15.8 Å². The zero-order valence-electron chi connectivity index (χ0n) is 25.4. The first kappa shape index (κ1) is 31.9. The Morgan fingerprint density at radius 3 is 2.17 bits per heavy atom. The molecule has 3 N–H and O–H groups in total. The van der Waals surface area contributed by atoms with E-state index in [9.17, 15) is 28.7 Å². The van der Waals surface area contributed by atoms with E-state index in [1.54, 1.807) is 24.3 Å². The standard InChI is InChI=1S/C36H35FN4O5/c1-24-10-12-26(13-11-24)30(23-34(43)44)38-36(46)28-14-15-32(31(22-28)39-35(45)27-8-5-9-29(37)21-27)40-16-18-41(19-17-40)33(42)20-25-6-3-2-4-7-25/h2-15,21-22,30H,16-20,23H2,1H3,(H,38,46)(H,39,45)(H,43,44). The summed E-state index contributed by atoms with van der Waals surface area (Å²) in [5.41, 5.74) is 3.87. The van der Waals surface area contributed by atoms with Gasteiger partial charge in [0.05, 0.1) is 30.3 Å². The first-order valence-corrected chi connectivity index (χ1v) is 15.0. The SMILES string of the molecule is Cc1ccc(C(CC(=O)O)NC(=O)c2ccc(N3CCN(C(=O)Cc4ccccc4)CC3)c(NC(=O)c3cccc(F)c3)c2)cc1. The number of hydrogen-bond donors (Lipinski definition) is 3. The molecule has 4 aromatic carbocycles. The Labute approximate surface area is 266 Å². The van der Waals surface area contributed by atoms with E-state index < -0.39 is 29.6 Å². The molecule has 1 saturated heterocycles. The summed E-state index contributed by atoms with van der Waals surface area (Å²) in [4.78, 5) is 55.0. The van der Waals surface area contributed by atoms with Crippen LogP contribution in [0, 0.1) is 12.7 Å². The van der Waals surface area contributed by atoms with Crippen molar-refractivity contribution in [2.45, 2.75) is 25.8 Å². The lowest BCUT2D eigenvalue weighted by molar-refractivity contribution is -0.137. The van der Waals surface area contributed by atoms with Crippen molar-refractivity contribution >= 4 is 35.1 Å². The molecule has 4 aromatic rings. The lowest BCUT2D eigenvalue weighted by Gasteiger charge is -2.37. The molecule has 1 aliphatic heterocycles. The van der Waals surface area contributed by atoms with Crippen LogP contribution in [0.2, 0.25) is 0 Å². The number of carbonyl (C=O) groups excluding carboxylic acids is 3. The molecule has 5 rings (SSSR count). The van der Waals surface area contributed by atoms with Gasteiger partial charge in [0.1, 0.15) is 5.82 Å². The van der Waals surface area contributed by atoms with E-state index >= 15 is 0 Å². The molecular weight excluding hydrogens is 587 g/mol. The second kappa shape index (κ2) is 14.5. The van der Waals surface area contributed by atoms with Gasteiger partial charge in [-0.2, -0.15) is 0 Å². The molecule has 0 aliphatic carbocycles. The molecule has 3 amide bonds. The van der Waals surface area contributed by atoms with Gasteiger partial charge in [0.15, 0.2) is 0 Å². The highest BCUT2D eigenvalue weighted by atomic mass is 19.1. The van der Waals surface area contributed by atoms with Crippen LogP contribution in [0.3, 0.4) is 0 Å². The molecular formula is C36H35FN4O5. The molecule has 236 valence electrons. The van der Waals surface area contributed by atoms with Gasteiger partial charge in [-0.25, -0.2) is 4.39 Å². The first-order valence-electron chi connectivity index (χ1n) is 15.0.